The van der Waals surface area contributed by atoms with Crippen LogP contribution in [0.4, 0.5) is 11.4 Å². The summed E-state index contributed by atoms with van der Waals surface area (Å²) in [7, 11) is 0. The van der Waals surface area contributed by atoms with Crippen molar-refractivity contribution in [1.82, 2.24) is 20.2 Å². The van der Waals surface area contributed by atoms with Crippen LogP contribution in [-0.2, 0) is 9.59 Å². The fourth-order valence-corrected chi connectivity index (χ4v) is 3.78. The number of carbonyl (C=O) groups excluding carboxylic acids is 2. The summed E-state index contributed by atoms with van der Waals surface area (Å²) in [6.07, 6.45) is 1.69. The van der Waals surface area contributed by atoms with Crippen LogP contribution in [0.5, 0.6) is 0 Å². The number of tetrazole rings is 1. The zero-order valence-corrected chi connectivity index (χ0v) is 16.0. The van der Waals surface area contributed by atoms with Gasteiger partial charge >= 0.3 is 0 Å². The molecule has 1 N–H and O–H groups in total. The molecule has 1 aromatic heterocycles. The molecule has 1 atom stereocenters. The highest BCUT2D eigenvalue weighted by Crippen LogP contribution is 2.32. The quantitative estimate of drug-likeness (QED) is 0.571. The highest BCUT2D eigenvalue weighted by atomic mass is 16.2. The number of amides is 2. The molecule has 8 heteroatoms. The largest absolute Gasteiger partial charge is 0.326 e. The van der Waals surface area contributed by atoms with E-state index in [0.717, 1.165) is 22.1 Å². The van der Waals surface area contributed by atoms with E-state index in [2.05, 4.69) is 20.8 Å². The van der Waals surface area contributed by atoms with Gasteiger partial charge in [-0.1, -0.05) is 36.4 Å². The van der Waals surface area contributed by atoms with E-state index in [1.165, 1.54) is 11.0 Å². The van der Waals surface area contributed by atoms with Crippen molar-refractivity contribution in [3.05, 3.63) is 73.1 Å². The van der Waals surface area contributed by atoms with E-state index in [9.17, 15) is 9.59 Å². The molecule has 148 valence electrons. The van der Waals surface area contributed by atoms with Gasteiger partial charge in [-0.25, -0.2) is 4.68 Å². The molecule has 0 saturated carbocycles. The molecular weight excluding hydrogens is 380 g/mol. The molecule has 30 heavy (non-hydrogen) atoms. The van der Waals surface area contributed by atoms with Gasteiger partial charge in [-0.3, -0.25) is 9.59 Å². The van der Waals surface area contributed by atoms with Gasteiger partial charge in [0, 0.05) is 24.0 Å². The number of fused-ring (bicyclic) bond motifs is 1. The summed E-state index contributed by atoms with van der Waals surface area (Å²) in [5, 5.41) is 16.0. The van der Waals surface area contributed by atoms with Gasteiger partial charge in [0.15, 0.2) is 0 Å². The van der Waals surface area contributed by atoms with Crippen molar-refractivity contribution in [1.29, 1.82) is 0 Å². The Labute approximate surface area is 172 Å². The standard InChI is InChI=1S/C22H18N6O2/c29-21-12-16(13-27(21)20-7-3-5-15-4-1-2-6-19(15)20)22(30)24-17-8-10-18(11-9-17)28-14-23-25-26-28/h1-11,14,16H,12-13H2,(H,24,30)/t16-/m1/s1. The molecule has 2 amide bonds. The average Bonchev–Trinajstić information content (AvgIpc) is 3.44. The monoisotopic (exact) mass is 398 g/mol. The highest BCUT2D eigenvalue weighted by molar-refractivity contribution is 6.08. The summed E-state index contributed by atoms with van der Waals surface area (Å²) >= 11 is 0. The van der Waals surface area contributed by atoms with Gasteiger partial charge in [-0.2, -0.15) is 0 Å². The van der Waals surface area contributed by atoms with Gasteiger partial charge in [-0.05, 0) is 46.1 Å². The Kier molecular flexibility index (Phi) is 4.44. The van der Waals surface area contributed by atoms with Crippen LogP contribution in [0, 0.1) is 5.92 Å². The van der Waals surface area contributed by atoms with Crippen molar-refractivity contribution < 1.29 is 9.59 Å². The molecule has 0 spiro atoms. The van der Waals surface area contributed by atoms with E-state index in [0.29, 0.717) is 12.2 Å². The maximum Gasteiger partial charge on any atom is 0.229 e. The van der Waals surface area contributed by atoms with E-state index in [1.807, 2.05) is 54.6 Å². The lowest BCUT2D eigenvalue weighted by Gasteiger charge is -2.19. The minimum Gasteiger partial charge on any atom is -0.326 e. The van der Waals surface area contributed by atoms with Gasteiger partial charge in [0.25, 0.3) is 0 Å². The third-order valence-electron chi connectivity index (χ3n) is 5.30. The van der Waals surface area contributed by atoms with Crippen molar-refractivity contribution in [3.63, 3.8) is 0 Å². The van der Waals surface area contributed by atoms with Gasteiger partial charge < -0.3 is 10.2 Å². The van der Waals surface area contributed by atoms with Crippen LogP contribution in [0.1, 0.15) is 6.42 Å². The third kappa shape index (κ3) is 3.28. The molecular formula is C22H18N6O2. The number of aromatic nitrogens is 4. The van der Waals surface area contributed by atoms with Crippen molar-refractivity contribution >= 4 is 34.0 Å². The molecule has 1 aliphatic heterocycles. The molecule has 1 fully saturated rings. The maximum absolute atomic E-state index is 12.8. The van der Waals surface area contributed by atoms with Gasteiger partial charge in [0.2, 0.25) is 11.8 Å². The lowest BCUT2D eigenvalue weighted by Crippen LogP contribution is -2.28. The first kappa shape index (κ1) is 18.0. The third-order valence-corrected chi connectivity index (χ3v) is 5.30. The van der Waals surface area contributed by atoms with Gasteiger partial charge in [-0.15, -0.1) is 5.10 Å². The number of nitrogens with zero attached hydrogens (tertiary/aromatic N) is 5. The van der Waals surface area contributed by atoms with Crippen LogP contribution in [-0.4, -0.2) is 38.6 Å². The lowest BCUT2D eigenvalue weighted by atomic mass is 10.1. The lowest BCUT2D eigenvalue weighted by molar-refractivity contribution is -0.122. The Morgan fingerprint density at radius 2 is 1.80 bits per heavy atom. The molecule has 0 bridgehead atoms. The minimum atomic E-state index is -0.407. The summed E-state index contributed by atoms with van der Waals surface area (Å²) < 4.78 is 1.53. The number of hydrogen-bond donors (Lipinski definition) is 1. The molecule has 1 saturated heterocycles. The molecule has 3 aromatic carbocycles. The fourth-order valence-electron chi connectivity index (χ4n) is 3.78. The zero-order chi connectivity index (χ0) is 20.5. The van der Waals surface area contributed by atoms with Crippen LogP contribution in [0.25, 0.3) is 16.5 Å². The second kappa shape index (κ2) is 7.40. The number of nitrogens with one attached hydrogen (secondary N) is 1. The molecule has 5 rings (SSSR count). The van der Waals surface area contributed by atoms with Crippen LogP contribution in [0.2, 0.25) is 0 Å². The van der Waals surface area contributed by atoms with Crippen LogP contribution >= 0.6 is 0 Å². The topological polar surface area (TPSA) is 93.0 Å². The summed E-state index contributed by atoms with van der Waals surface area (Å²) in [6, 6.07) is 21.0. The smallest absolute Gasteiger partial charge is 0.229 e. The zero-order valence-electron chi connectivity index (χ0n) is 16.0. The minimum absolute atomic E-state index is 0.0412. The molecule has 0 radical (unpaired) electrons. The summed E-state index contributed by atoms with van der Waals surface area (Å²) in [5.74, 6) is -0.613. The van der Waals surface area contributed by atoms with Gasteiger partial charge in [0.1, 0.15) is 6.33 Å². The second-order valence-electron chi connectivity index (χ2n) is 7.19. The maximum atomic E-state index is 12.8. The number of carbonyl (C=O) groups is 2. The summed E-state index contributed by atoms with van der Waals surface area (Å²) in [5.41, 5.74) is 2.29. The molecule has 4 aromatic rings. The van der Waals surface area contributed by atoms with Crippen LogP contribution in [0.3, 0.4) is 0 Å². The molecule has 0 aliphatic carbocycles. The molecule has 2 heterocycles. The van der Waals surface area contributed by atoms with E-state index >= 15 is 0 Å². The first-order valence-electron chi connectivity index (χ1n) is 9.61. The Morgan fingerprint density at radius 1 is 1.00 bits per heavy atom. The van der Waals surface area contributed by atoms with Crippen LogP contribution < -0.4 is 10.2 Å². The number of hydrogen-bond acceptors (Lipinski definition) is 5. The molecule has 1 aliphatic rings. The SMILES string of the molecule is O=C(Nc1ccc(-n2cnnn2)cc1)[C@@H]1CC(=O)N(c2cccc3ccccc23)C1. The molecule has 8 nitrogen and oxygen atoms in total. The first-order valence-corrected chi connectivity index (χ1v) is 9.61. The van der Waals surface area contributed by atoms with E-state index in [1.54, 1.807) is 17.0 Å². The second-order valence-corrected chi connectivity index (χ2v) is 7.19. The van der Waals surface area contributed by atoms with E-state index < -0.39 is 5.92 Å². The van der Waals surface area contributed by atoms with Gasteiger partial charge in [0.05, 0.1) is 17.3 Å². The predicted molar refractivity (Wildman–Crippen MR) is 112 cm³/mol. The highest BCUT2D eigenvalue weighted by Gasteiger charge is 2.35. The Hall–Kier alpha value is -4.07. The Bertz CT molecular complexity index is 1210. The number of rotatable bonds is 4. The Balaban J connectivity index is 1.31. The molecule has 0 unspecified atom stereocenters. The summed E-state index contributed by atoms with van der Waals surface area (Å²) in [4.78, 5) is 27.2. The Morgan fingerprint density at radius 3 is 2.60 bits per heavy atom. The van der Waals surface area contributed by atoms with E-state index in [4.69, 9.17) is 0 Å². The number of anilines is 2. The van der Waals surface area contributed by atoms with Crippen LogP contribution in [0.15, 0.2) is 73.1 Å². The van der Waals surface area contributed by atoms with Crippen molar-refractivity contribution in [2.75, 3.05) is 16.8 Å². The van der Waals surface area contributed by atoms with Crippen molar-refractivity contribution in [2.24, 2.45) is 5.92 Å². The fraction of sp³-hybridized carbons (Fsp3) is 0.136. The number of benzene rings is 3. The normalized spacial score (nSPS) is 16.2. The van der Waals surface area contributed by atoms with Crippen molar-refractivity contribution in [2.45, 2.75) is 6.42 Å². The predicted octanol–water partition coefficient (Wildman–Crippen LogP) is 2.81. The average molecular weight is 398 g/mol. The van der Waals surface area contributed by atoms with E-state index in [-0.39, 0.29) is 18.2 Å². The van der Waals surface area contributed by atoms with Crippen molar-refractivity contribution in [3.8, 4) is 5.69 Å². The summed E-state index contributed by atoms with van der Waals surface area (Å²) in [6.45, 7) is 0.362. The first-order chi connectivity index (χ1) is 14.7.